The van der Waals surface area contributed by atoms with Gasteiger partial charge in [0.1, 0.15) is 0 Å². The van der Waals surface area contributed by atoms with Crippen LogP contribution < -0.4 is 11.1 Å². The van der Waals surface area contributed by atoms with Gasteiger partial charge >= 0.3 is 0 Å². The third-order valence-electron chi connectivity index (χ3n) is 4.99. The minimum absolute atomic E-state index is 0. The maximum Gasteiger partial charge on any atom is 0.241 e. The van der Waals surface area contributed by atoms with Gasteiger partial charge in [-0.3, -0.25) is 9.00 Å². The van der Waals surface area contributed by atoms with Crippen molar-refractivity contribution in [3.63, 3.8) is 0 Å². The fourth-order valence-corrected chi connectivity index (χ4v) is 4.69. The van der Waals surface area contributed by atoms with Gasteiger partial charge in [0.2, 0.25) is 5.91 Å². The molecule has 3 atom stereocenters. The summed E-state index contributed by atoms with van der Waals surface area (Å²) in [5, 5.41) is 3.22. The lowest BCUT2D eigenvalue weighted by Gasteiger charge is -2.21. The van der Waals surface area contributed by atoms with Crippen LogP contribution in [-0.2, 0) is 21.3 Å². The van der Waals surface area contributed by atoms with E-state index in [2.05, 4.69) is 5.32 Å². The molecule has 1 aliphatic rings. The number of amides is 1. The summed E-state index contributed by atoms with van der Waals surface area (Å²) in [4.78, 5) is 12.2. The van der Waals surface area contributed by atoms with Crippen LogP contribution in [0.1, 0.15) is 57.9 Å². The van der Waals surface area contributed by atoms with E-state index >= 15 is 0 Å². The number of hydrogen-bond acceptors (Lipinski definition) is 3. The van der Waals surface area contributed by atoms with Crippen LogP contribution in [0.3, 0.4) is 0 Å². The van der Waals surface area contributed by atoms with Gasteiger partial charge in [0.05, 0.1) is 6.04 Å². The smallest absolute Gasteiger partial charge is 0.241 e. The normalized spacial score (nSPS) is 18.7. The predicted octanol–water partition coefficient (Wildman–Crippen LogP) is 4.00. The number of carbonyl (C=O) groups is 1. The number of anilines is 1. The number of carbonyl (C=O) groups excluding carboxylic acids is 1. The van der Waals surface area contributed by atoms with Gasteiger partial charge in [-0.1, -0.05) is 51.7 Å². The molecule has 1 saturated carbocycles. The summed E-state index contributed by atoms with van der Waals surface area (Å²) in [5.41, 5.74) is 7.72. The standard InChI is InChI=1S/C19H30N2O2S.ClH/c1-3-14(2)18(20)19(22)21-16-9-7-8-15(12-16)13-24(23)17-10-5-4-6-11-17;/h7-9,12,14,17-18H,3-6,10-11,13,20H2,1-2H3,(H,21,22);1H. The van der Waals surface area contributed by atoms with E-state index in [0.717, 1.165) is 30.5 Å². The molecule has 0 heterocycles. The zero-order chi connectivity index (χ0) is 17.5. The number of nitrogens with two attached hydrogens (primary N) is 1. The minimum Gasteiger partial charge on any atom is -0.325 e. The maximum absolute atomic E-state index is 12.5. The molecule has 0 radical (unpaired) electrons. The summed E-state index contributed by atoms with van der Waals surface area (Å²) in [6.45, 7) is 4.01. The molecule has 3 N–H and O–H groups in total. The fraction of sp³-hybridized carbons (Fsp3) is 0.632. The molecular weight excluding hydrogens is 356 g/mol. The summed E-state index contributed by atoms with van der Waals surface area (Å²) in [7, 11) is -0.833. The van der Waals surface area contributed by atoms with Crippen molar-refractivity contribution >= 4 is 34.8 Å². The van der Waals surface area contributed by atoms with Gasteiger partial charge in [-0.05, 0) is 36.5 Å². The van der Waals surface area contributed by atoms with Crippen LogP contribution in [0.15, 0.2) is 24.3 Å². The summed E-state index contributed by atoms with van der Waals surface area (Å²) in [6, 6.07) is 7.15. The molecule has 1 amide bonds. The van der Waals surface area contributed by atoms with Gasteiger partial charge in [-0.25, -0.2) is 0 Å². The van der Waals surface area contributed by atoms with E-state index < -0.39 is 16.8 Å². The highest BCUT2D eigenvalue weighted by Crippen LogP contribution is 2.24. The second-order valence-electron chi connectivity index (χ2n) is 6.89. The Bertz CT molecular complexity index is 545. The molecule has 25 heavy (non-hydrogen) atoms. The molecule has 0 aliphatic heterocycles. The van der Waals surface area contributed by atoms with Gasteiger partial charge in [-0.15, -0.1) is 12.4 Å². The monoisotopic (exact) mass is 386 g/mol. The number of halogens is 1. The lowest BCUT2D eigenvalue weighted by Crippen LogP contribution is -2.40. The Morgan fingerprint density at radius 3 is 2.64 bits per heavy atom. The first-order valence-corrected chi connectivity index (χ1v) is 10.4. The van der Waals surface area contributed by atoms with Crippen molar-refractivity contribution < 1.29 is 9.00 Å². The van der Waals surface area contributed by atoms with Crippen molar-refractivity contribution in [3.8, 4) is 0 Å². The Kier molecular flexibility index (Phi) is 9.69. The second kappa shape index (κ2) is 10.9. The second-order valence-corrected chi connectivity index (χ2v) is 8.60. The van der Waals surface area contributed by atoms with Crippen molar-refractivity contribution in [3.05, 3.63) is 29.8 Å². The number of hydrogen-bond donors (Lipinski definition) is 2. The van der Waals surface area contributed by atoms with Crippen LogP contribution >= 0.6 is 12.4 Å². The molecule has 0 bridgehead atoms. The molecule has 0 aromatic heterocycles. The molecule has 1 fully saturated rings. The van der Waals surface area contributed by atoms with Crippen molar-refractivity contribution in [2.45, 2.75) is 69.4 Å². The van der Waals surface area contributed by atoms with Crippen LogP contribution in [0.4, 0.5) is 5.69 Å². The molecule has 142 valence electrons. The van der Waals surface area contributed by atoms with E-state index in [0.29, 0.717) is 11.0 Å². The van der Waals surface area contributed by atoms with Gasteiger partial charge in [-0.2, -0.15) is 0 Å². The molecule has 0 saturated heterocycles. The maximum atomic E-state index is 12.5. The van der Waals surface area contributed by atoms with Crippen LogP contribution in [0.5, 0.6) is 0 Å². The van der Waals surface area contributed by atoms with Gasteiger partial charge in [0.25, 0.3) is 0 Å². The van der Waals surface area contributed by atoms with Crippen molar-refractivity contribution in [1.82, 2.24) is 0 Å². The molecule has 4 nitrogen and oxygen atoms in total. The summed E-state index contributed by atoms with van der Waals surface area (Å²) >= 11 is 0. The summed E-state index contributed by atoms with van der Waals surface area (Å²) in [5.74, 6) is 0.549. The van der Waals surface area contributed by atoms with Crippen LogP contribution in [0.2, 0.25) is 0 Å². The summed E-state index contributed by atoms with van der Waals surface area (Å²) in [6.07, 6.45) is 6.68. The fourth-order valence-electron chi connectivity index (χ4n) is 3.09. The van der Waals surface area contributed by atoms with Crippen LogP contribution in [0.25, 0.3) is 0 Å². The third-order valence-corrected chi connectivity index (χ3v) is 6.82. The van der Waals surface area contributed by atoms with Crippen molar-refractivity contribution in [2.75, 3.05) is 5.32 Å². The lowest BCUT2D eigenvalue weighted by atomic mass is 9.99. The first-order valence-electron chi connectivity index (χ1n) is 9.03. The Balaban J connectivity index is 0.00000312. The quantitative estimate of drug-likeness (QED) is 0.743. The first-order chi connectivity index (χ1) is 11.5. The van der Waals surface area contributed by atoms with E-state index in [4.69, 9.17) is 5.73 Å². The Morgan fingerprint density at radius 1 is 1.32 bits per heavy atom. The summed E-state index contributed by atoms with van der Waals surface area (Å²) < 4.78 is 12.5. The predicted molar refractivity (Wildman–Crippen MR) is 108 cm³/mol. The third kappa shape index (κ3) is 6.72. The highest BCUT2D eigenvalue weighted by molar-refractivity contribution is 7.84. The zero-order valence-electron chi connectivity index (χ0n) is 15.2. The van der Waals surface area contributed by atoms with Crippen LogP contribution in [0, 0.1) is 5.92 Å². The van der Waals surface area contributed by atoms with Crippen LogP contribution in [-0.4, -0.2) is 21.4 Å². The number of rotatable bonds is 7. The molecular formula is C19H31ClN2O2S. The molecule has 1 aliphatic carbocycles. The Labute approximate surface area is 160 Å². The van der Waals surface area contributed by atoms with Gasteiger partial charge in [0.15, 0.2) is 0 Å². The largest absolute Gasteiger partial charge is 0.325 e. The zero-order valence-corrected chi connectivity index (χ0v) is 16.8. The van der Waals surface area contributed by atoms with E-state index in [-0.39, 0.29) is 24.2 Å². The first kappa shape index (κ1) is 22.1. The molecule has 1 aromatic carbocycles. The molecule has 2 rings (SSSR count). The van der Waals surface area contributed by atoms with E-state index in [1.807, 2.05) is 38.1 Å². The lowest BCUT2D eigenvalue weighted by molar-refractivity contribution is -0.118. The minimum atomic E-state index is -0.833. The van der Waals surface area contributed by atoms with Gasteiger partial charge in [0, 0.05) is 27.5 Å². The number of benzene rings is 1. The Morgan fingerprint density at radius 2 is 2.00 bits per heavy atom. The van der Waals surface area contributed by atoms with E-state index in [9.17, 15) is 9.00 Å². The highest BCUT2D eigenvalue weighted by Gasteiger charge is 2.21. The molecule has 3 unspecified atom stereocenters. The topological polar surface area (TPSA) is 72.2 Å². The van der Waals surface area contributed by atoms with E-state index in [1.54, 1.807) is 0 Å². The van der Waals surface area contributed by atoms with E-state index in [1.165, 1.54) is 19.3 Å². The number of nitrogens with one attached hydrogen (secondary N) is 1. The van der Waals surface area contributed by atoms with Crippen molar-refractivity contribution in [1.29, 1.82) is 0 Å². The molecule has 6 heteroatoms. The van der Waals surface area contributed by atoms with Crippen molar-refractivity contribution in [2.24, 2.45) is 11.7 Å². The molecule has 0 spiro atoms. The molecule has 1 aromatic rings. The SMILES string of the molecule is CCC(C)C(N)C(=O)Nc1cccc(CS(=O)C2CCCCC2)c1.Cl. The average molecular weight is 387 g/mol. The average Bonchev–Trinajstić information content (AvgIpc) is 2.61. The van der Waals surface area contributed by atoms with Gasteiger partial charge < -0.3 is 11.1 Å². The Hall–Kier alpha value is -0.910. The highest BCUT2D eigenvalue weighted by atomic mass is 35.5.